The van der Waals surface area contributed by atoms with Crippen molar-refractivity contribution in [2.75, 3.05) is 14.1 Å². The molecule has 0 saturated heterocycles. The maximum atomic E-state index is 11.5. The van der Waals surface area contributed by atoms with Gasteiger partial charge in [-0.2, -0.15) is 0 Å². The van der Waals surface area contributed by atoms with Crippen molar-refractivity contribution in [3.05, 3.63) is 35.4 Å². The monoisotopic (exact) mass is 177 g/mol. The molecule has 0 aromatic heterocycles. The van der Waals surface area contributed by atoms with E-state index in [0.717, 1.165) is 0 Å². The largest absolute Gasteiger partial charge is 0.502 e. The summed E-state index contributed by atoms with van der Waals surface area (Å²) >= 11 is 0. The lowest BCUT2D eigenvalue weighted by molar-refractivity contribution is -0.380. The van der Waals surface area contributed by atoms with Crippen LogP contribution in [0.2, 0.25) is 0 Å². The highest BCUT2D eigenvalue weighted by Gasteiger charge is 2.13. The Balaban J connectivity index is 3.13. The summed E-state index contributed by atoms with van der Waals surface area (Å²) in [4.78, 5) is 13.0. The van der Waals surface area contributed by atoms with Gasteiger partial charge in [-0.25, -0.2) is 0 Å². The zero-order valence-corrected chi connectivity index (χ0v) is 7.61. The van der Waals surface area contributed by atoms with Crippen molar-refractivity contribution in [1.82, 2.24) is 4.90 Å². The molecule has 0 aliphatic rings. The molecule has 0 heterocycles. The van der Waals surface area contributed by atoms with Crippen LogP contribution in [0.4, 0.5) is 5.69 Å². The first-order chi connectivity index (χ1) is 6.16. The molecule has 13 heavy (non-hydrogen) atoms. The fourth-order valence-corrected chi connectivity index (χ4v) is 1.01. The second-order valence-electron chi connectivity index (χ2n) is 2.86. The SMILES string of the molecule is CN(C)C(=O)c1ccccc1[NH+]=[N-]. The van der Waals surface area contributed by atoms with Crippen LogP contribution in [0.25, 0.3) is 5.53 Å². The Bertz CT molecular complexity index is 333. The fourth-order valence-electron chi connectivity index (χ4n) is 1.01. The van der Waals surface area contributed by atoms with E-state index in [1.807, 2.05) is 5.11 Å². The second kappa shape index (κ2) is 3.80. The van der Waals surface area contributed by atoms with Crippen molar-refractivity contribution in [3.63, 3.8) is 0 Å². The number of benzene rings is 1. The Hall–Kier alpha value is -1.71. The van der Waals surface area contributed by atoms with E-state index in [9.17, 15) is 4.79 Å². The average molecular weight is 177 g/mol. The molecule has 0 radical (unpaired) electrons. The third-order valence-electron chi connectivity index (χ3n) is 1.68. The van der Waals surface area contributed by atoms with Gasteiger partial charge in [0.25, 0.3) is 5.91 Å². The van der Waals surface area contributed by atoms with Crippen molar-refractivity contribution in [2.24, 2.45) is 0 Å². The molecule has 68 valence electrons. The number of hydrogen-bond acceptors (Lipinski definition) is 1. The molecule has 1 aromatic rings. The van der Waals surface area contributed by atoms with E-state index in [1.165, 1.54) is 4.90 Å². The lowest BCUT2D eigenvalue weighted by Gasteiger charge is -2.09. The maximum Gasteiger partial charge on any atom is 0.260 e. The predicted octanol–water partition coefficient (Wildman–Crippen LogP) is 0.122. The summed E-state index contributed by atoms with van der Waals surface area (Å²) in [6.45, 7) is 0. The van der Waals surface area contributed by atoms with Crippen molar-refractivity contribution < 1.29 is 9.91 Å². The molecule has 1 rings (SSSR count). The lowest BCUT2D eigenvalue weighted by Crippen LogP contribution is -2.55. The number of nitrogens with one attached hydrogen (secondary N) is 1. The number of hydrogen-bond donors (Lipinski definition) is 1. The van der Waals surface area contributed by atoms with E-state index < -0.39 is 0 Å². The molecule has 0 unspecified atom stereocenters. The van der Waals surface area contributed by atoms with Crippen LogP contribution in [-0.2, 0) is 0 Å². The summed E-state index contributed by atoms with van der Waals surface area (Å²) in [6.07, 6.45) is 0. The summed E-state index contributed by atoms with van der Waals surface area (Å²) < 4.78 is 0. The van der Waals surface area contributed by atoms with Gasteiger partial charge in [-0.1, -0.05) is 12.1 Å². The van der Waals surface area contributed by atoms with Gasteiger partial charge in [-0.15, -0.1) is 0 Å². The van der Waals surface area contributed by atoms with Crippen LogP contribution in [0.1, 0.15) is 10.4 Å². The average Bonchev–Trinajstić information content (AvgIpc) is 2.16. The smallest absolute Gasteiger partial charge is 0.260 e. The Morgan fingerprint density at radius 2 is 2.00 bits per heavy atom. The third kappa shape index (κ3) is 1.90. The van der Waals surface area contributed by atoms with Crippen molar-refractivity contribution in [1.29, 1.82) is 0 Å². The summed E-state index contributed by atoms with van der Waals surface area (Å²) in [7, 11) is 3.33. The first kappa shape index (κ1) is 9.38. The molecular weight excluding hydrogens is 166 g/mol. The molecule has 0 aliphatic carbocycles. The minimum absolute atomic E-state index is 0.142. The predicted molar refractivity (Wildman–Crippen MR) is 48.4 cm³/mol. The first-order valence-electron chi connectivity index (χ1n) is 3.87. The number of rotatable bonds is 2. The molecule has 4 heteroatoms. The van der Waals surface area contributed by atoms with Crippen LogP contribution < -0.4 is 5.11 Å². The van der Waals surface area contributed by atoms with Crippen molar-refractivity contribution in [2.45, 2.75) is 0 Å². The Morgan fingerprint density at radius 3 is 2.54 bits per heavy atom. The highest BCUT2D eigenvalue weighted by atomic mass is 16.2. The first-order valence-corrected chi connectivity index (χ1v) is 3.87. The van der Waals surface area contributed by atoms with Crippen LogP contribution in [0.5, 0.6) is 0 Å². The van der Waals surface area contributed by atoms with E-state index in [2.05, 4.69) is 0 Å². The number of nitrogens with zero attached hydrogens (tertiary/aromatic N) is 2. The van der Waals surface area contributed by atoms with E-state index >= 15 is 0 Å². The molecule has 0 spiro atoms. The summed E-state index contributed by atoms with van der Waals surface area (Å²) in [5.74, 6) is -0.142. The Kier molecular flexibility index (Phi) is 2.74. The van der Waals surface area contributed by atoms with Gasteiger partial charge in [0, 0.05) is 20.2 Å². The van der Waals surface area contributed by atoms with E-state index in [0.29, 0.717) is 11.3 Å². The zero-order valence-electron chi connectivity index (χ0n) is 7.61. The molecule has 0 fully saturated rings. The van der Waals surface area contributed by atoms with Gasteiger partial charge in [0.05, 0.1) is 0 Å². The molecule has 1 N–H and O–H groups in total. The molecule has 4 nitrogen and oxygen atoms in total. The standard InChI is InChI=1S/C9H11N3O/c1-12(2)9(13)7-5-3-4-6-8(7)11-10/h3-6,11H,1-2H3. The number of carbonyl (C=O) groups excluding carboxylic acids is 1. The molecule has 0 atom stereocenters. The number of amides is 1. The van der Waals surface area contributed by atoms with Crippen LogP contribution in [0.15, 0.2) is 24.3 Å². The topological polar surface area (TPSA) is 56.6 Å². The van der Waals surface area contributed by atoms with E-state index in [4.69, 9.17) is 5.53 Å². The summed E-state index contributed by atoms with van der Waals surface area (Å²) in [6, 6.07) is 6.78. The molecule has 0 saturated carbocycles. The third-order valence-corrected chi connectivity index (χ3v) is 1.68. The van der Waals surface area contributed by atoms with Crippen LogP contribution in [-0.4, -0.2) is 24.9 Å². The van der Waals surface area contributed by atoms with Gasteiger partial charge in [-0.3, -0.25) is 9.91 Å². The number of para-hydroxylation sites is 1. The van der Waals surface area contributed by atoms with Crippen LogP contribution in [0, 0.1) is 0 Å². The Labute approximate surface area is 76.7 Å². The molecule has 1 aromatic carbocycles. The highest BCUT2D eigenvalue weighted by Crippen LogP contribution is 2.10. The minimum atomic E-state index is -0.142. The Morgan fingerprint density at radius 1 is 1.38 bits per heavy atom. The van der Waals surface area contributed by atoms with Gasteiger partial charge in [0.15, 0.2) is 0 Å². The van der Waals surface area contributed by atoms with Gasteiger partial charge < -0.3 is 10.4 Å². The fraction of sp³-hybridized carbons (Fsp3) is 0.222. The minimum Gasteiger partial charge on any atom is -0.502 e. The van der Waals surface area contributed by atoms with Crippen LogP contribution >= 0.6 is 0 Å². The van der Waals surface area contributed by atoms with Gasteiger partial charge >= 0.3 is 0 Å². The molecular formula is C9H11N3O. The molecule has 1 amide bonds. The lowest BCUT2D eigenvalue weighted by atomic mass is 10.1. The molecule has 0 aliphatic heterocycles. The summed E-state index contributed by atoms with van der Waals surface area (Å²) in [5.41, 5.74) is 9.60. The van der Waals surface area contributed by atoms with Gasteiger partial charge in [0.1, 0.15) is 5.56 Å². The summed E-state index contributed by atoms with van der Waals surface area (Å²) in [5, 5.41) is 1.98. The quantitative estimate of drug-likeness (QED) is 0.641. The number of carbonyl (C=O) groups is 1. The highest BCUT2D eigenvalue weighted by molar-refractivity contribution is 5.97. The van der Waals surface area contributed by atoms with Crippen molar-refractivity contribution >= 4 is 11.6 Å². The van der Waals surface area contributed by atoms with Crippen LogP contribution in [0.3, 0.4) is 0 Å². The van der Waals surface area contributed by atoms with E-state index in [1.54, 1.807) is 38.4 Å². The maximum absolute atomic E-state index is 11.5. The van der Waals surface area contributed by atoms with Crippen molar-refractivity contribution in [3.8, 4) is 0 Å². The van der Waals surface area contributed by atoms with E-state index in [-0.39, 0.29) is 5.91 Å². The van der Waals surface area contributed by atoms with Gasteiger partial charge in [0.2, 0.25) is 5.69 Å². The normalized spacial score (nSPS) is 9.38. The second-order valence-corrected chi connectivity index (χ2v) is 2.86. The molecule has 0 bridgehead atoms. The van der Waals surface area contributed by atoms with Gasteiger partial charge in [-0.05, 0) is 6.07 Å². The zero-order chi connectivity index (χ0) is 9.84.